The Hall–Kier alpha value is -4.25. The first-order valence-corrected chi connectivity index (χ1v) is 12.4. The van der Waals surface area contributed by atoms with Crippen molar-refractivity contribution >= 4 is 28.0 Å². The molecule has 5 aromatic rings. The number of para-hydroxylation sites is 1. The molecule has 4 aromatic heterocycles. The van der Waals surface area contributed by atoms with Crippen LogP contribution in [0, 0.1) is 6.92 Å². The molecule has 0 spiro atoms. The third-order valence-corrected chi connectivity index (χ3v) is 7.20. The van der Waals surface area contributed by atoms with Crippen molar-refractivity contribution in [1.82, 2.24) is 29.2 Å². The van der Waals surface area contributed by atoms with E-state index in [0.29, 0.717) is 47.8 Å². The zero-order valence-corrected chi connectivity index (χ0v) is 21.4. The van der Waals surface area contributed by atoms with Crippen LogP contribution >= 0.6 is 0 Å². The fraction of sp³-hybridized carbons (Fsp3) is 0.333. The molecule has 5 heterocycles. The van der Waals surface area contributed by atoms with Gasteiger partial charge < -0.3 is 29.0 Å². The van der Waals surface area contributed by atoms with E-state index in [2.05, 4.69) is 15.8 Å². The van der Waals surface area contributed by atoms with E-state index in [9.17, 15) is 9.18 Å². The fourth-order valence-electron chi connectivity index (χ4n) is 5.19. The van der Waals surface area contributed by atoms with Crippen molar-refractivity contribution < 1.29 is 18.4 Å². The SMILES string of the molecule is COc1cccc2cc(-c3nc4cc5c(nc4n3C)CCN(C[C@H](N)CF)C5=O)n(Cc3oncc3C)c12. The number of carbonyl (C=O) groups excluding carboxylic acids is 1. The van der Waals surface area contributed by atoms with E-state index in [0.717, 1.165) is 33.7 Å². The van der Waals surface area contributed by atoms with E-state index >= 15 is 0 Å². The predicted molar refractivity (Wildman–Crippen MR) is 140 cm³/mol. The van der Waals surface area contributed by atoms with Crippen LogP contribution in [0.15, 0.2) is 41.1 Å². The Bertz CT molecular complexity index is 1690. The van der Waals surface area contributed by atoms with E-state index in [1.807, 2.05) is 36.7 Å². The number of aromatic nitrogens is 5. The van der Waals surface area contributed by atoms with Gasteiger partial charge in [0, 0.05) is 37.5 Å². The lowest BCUT2D eigenvalue weighted by Gasteiger charge is -2.29. The number of aryl methyl sites for hydroxylation is 2. The first-order valence-electron chi connectivity index (χ1n) is 12.4. The average molecular weight is 518 g/mol. The van der Waals surface area contributed by atoms with Gasteiger partial charge in [0.05, 0.1) is 48.4 Å². The Kier molecular flexibility index (Phi) is 5.87. The Balaban J connectivity index is 1.50. The molecule has 10 nitrogen and oxygen atoms in total. The normalized spacial score (nSPS) is 14.4. The number of halogens is 1. The summed E-state index contributed by atoms with van der Waals surface area (Å²) in [5, 5.41) is 4.94. The van der Waals surface area contributed by atoms with Gasteiger partial charge in [-0.3, -0.25) is 4.79 Å². The number of benzene rings is 1. The van der Waals surface area contributed by atoms with Crippen LogP contribution in [0.25, 0.3) is 33.6 Å². The maximum absolute atomic E-state index is 13.2. The van der Waals surface area contributed by atoms with Gasteiger partial charge >= 0.3 is 0 Å². The van der Waals surface area contributed by atoms with Crippen LogP contribution < -0.4 is 10.5 Å². The number of imidazole rings is 1. The summed E-state index contributed by atoms with van der Waals surface area (Å²) in [5.41, 5.74) is 11.0. The lowest BCUT2D eigenvalue weighted by Crippen LogP contribution is -2.45. The minimum Gasteiger partial charge on any atom is -0.495 e. The van der Waals surface area contributed by atoms with Crippen LogP contribution in [0.4, 0.5) is 4.39 Å². The number of nitrogens with zero attached hydrogens (tertiary/aromatic N) is 6. The van der Waals surface area contributed by atoms with E-state index in [4.69, 9.17) is 25.0 Å². The number of hydrogen-bond acceptors (Lipinski definition) is 7. The van der Waals surface area contributed by atoms with Crippen LogP contribution in [0.3, 0.4) is 0 Å². The number of methoxy groups -OCH3 is 1. The number of rotatable bonds is 7. The summed E-state index contributed by atoms with van der Waals surface area (Å²) in [5.74, 6) is 1.96. The number of alkyl halides is 1. The van der Waals surface area contributed by atoms with Crippen molar-refractivity contribution in [2.45, 2.75) is 25.9 Å². The van der Waals surface area contributed by atoms with Gasteiger partial charge in [0.15, 0.2) is 17.2 Å². The third-order valence-electron chi connectivity index (χ3n) is 7.20. The summed E-state index contributed by atoms with van der Waals surface area (Å²) in [7, 11) is 3.57. The molecule has 1 aliphatic rings. The van der Waals surface area contributed by atoms with Gasteiger partial charge in [-0.2, -0.15) is 0 Å². The van der Waals surface area contributed by atoms with Gasteiger partial charge in [-0.15, -0.1) is 0 Å². The standard InChI is InChI=1S/C27H28FN7O3/c1-15-12-30-38-23(15)14-35-21(9-16-5-4-6-22(37-3)24(16)35)26-32-20-10-18-19(31-25(20)33(26)2)7-8-34(27(18)36)13-17(29)11-28/h4-6,9-10,12,17H,7-8,11,13-14,29H2,1-3H3/t17-/m1/s1. The monoisotopic (exact) mass is 517 g/mol. The quantitative estimate of drug-likeness (QED) is 0.352. The van der Waals surface area contributed by atoms with Crippen molar-refractivity contribution in [3.05, 3.63) is 59.1 Å². The molecular weight excluding hydrogens is 489 g/mol. The molecule has 0 saturated carbocycles. The number of fused-ring (bicyclic) bond motifs is 3. The molecular formula is C27H28FN7O3. The summed E-state index contributed by atoms with van der Waals surface area (Å²) < 4.78 is 28.3. The maximum Gasteiger partial charge on any atom is 0.255 e. The van der Waals surface area contributed by atoms with Gasteiger partial charge in [-0.05, 0) is 25.1 Å². The van der Waals surface area contributed by atoms with Gasteiger partial charge in [0.1, 0.15) is 17.9 Å². The largest absolute Gasteiger partial charge is 0.495 e. The van der Waals surface area contributed by atoms with Gasteiger partial charge in [0.25, 0.3) is 5.91 Å². The molecule has 0 saturated heterocycles. The average Bonchev–Trinajstić information content (AvgIpc) is 3.60. The Morgan fingerprint density at radius 3 is 2.84 bits per heavy atom. The van der Waals surface area contributed by atoms with Gasteiger partial charge in [-0.1, -0.05) is 17.3 Å². The van der Waals surface area contributed by atoms with E-state index in [1.54, 1.807) is 24.3 Å². The molecule has 2 N–H and O–H groups in total. The van der Waals surface area contributed by atoms with Crippen molar-refractivity contribution in [3.63, 3.8) is 0 Å². The molecule has 1 aliphatic heterocycles. The van der Waals surface area contributed by atoms with Crippen molar-refractivity contribution in [3.8, 4) is 17.3 Å². The van der Waals surface area contributed by atoms with Crippen molar-refractivity contribution in [1.29, 1.82) is 0 Å². The fourth-order valence-corrected chi connectivity index (χ4v) is 5.19. The summed E-state index contributed by atoms with van der Waals surface area (Å²) in [4.78, 5) is 24.5. The maximum atomic E-state index is 13.2. The molecule has 38 heavy (non-hydrogen) atoms. The Morgan fingerprint density at radius 1 is 1.26 bits per heavy atom. The molecule has 0 radical (unpaired) electrons. The highest BCUT2D eigenvalue weighted by Crippen LogP contribution is 2.35. The zero-order valence-electron chi connectivity index (χ0n) is 21.4. The number of ether oxygens (including phenoxy) is 1. The molecule has 0 fully saturated rings. The van der Waals surface area contributed by atoms with E-state index in [1.165, 1.54) is 0 Å². The lowest BCUT2D eigenvalue weighted by atomic mass is 10.0. The number of amides is 1. The number of carbonyl (C=O) groups is 1. The van der Waals surface area contributed by atoms with Crippen molar-refractivity contribution in [2.75, 3.05) is 26.9 Å². The van der Waals surface area contributed by atoms with Gasteiger partial charge in [0.2, 0.25) is 0 Å². The topological polar surface area (TPSA) is 117 Å². The molecule has 196 valence electrons. The molecule has 1 atom stereocenters. The van der Waals surface area contributed by atoms with Gasteiger partial charge in [-0.25, -0.2) is 14.4 Å². The minimum absolute atomic E-state index is 0.170. The van der Waals surface area contributed by atoms with Crippen LogP contribution in [0.1, 0.15) is 27.4 Å². The summed E-state index contributed by atoms with van der Waals surface area (Å²) in [6.07, 6.45) is 2.26. The summed E-state index contributed by atoms with van der Waals surface area (Å²) in [6, 6.07) is 9.05. The third kappa shape index (κ3) is 3.81. The first-order chi connectivity index (χ1) is 18.4. The molecule has 11 heteroatoms. The smallest absolute Gasteiger partial charge is 0.255 e. The van der Waals surface area contributed by atoms with Crippen LogP contribution in [-0.4, -0.2) is 68.0 Å². The number of pyridine rings is 1. The molecule has 0 bridgehead atoms. The number of hydrogen-bond donors (Lipinski definition) is 1. The van der Waals surface area contributed by atoms with E-state index in [-0.39, 0.29) is 12.5 Å². The Morgan fingerprint density at radius 2 is 2.11 bits per heavy atom. The highest BCUT2D eigenvalue weighted by atomic mass is 19.1. The zero-order chi connectivity index (χ0) is 26.6. The van der Waals surface area contributed by atoms with Crippen molar-refractivity contribution in [2.24, 2.45) is 12.8 Å². The van der Waals surface area contributed by atoms with Crippen LogP contribution in [-0.2, 0) is 20.0 Å². The molecule has 0 unspecified atom stereocenters. The van der Waals surface area contributed by atoms with Crippen LogP contribution in [0.5, 0.6) is 5.75 Å². The minimum atomic E-state index is -0.703. The van der Waals surface area contributed by atoms with Crippen LogP contribution in [0.2, 0.25) is 0 Å². The molecule has 0 aliphatic carbocycles. The summed E-state index contributed by atoms with van der Waals surface area (Å²) >= 11 is 0. The molecule has 6 rings (SSSR count). The second-order valence-corrected chi connectivity index (χ2v) is 9.68. The number of nitrogens with two attached hydrogens (primary N) is 1. The Labute approximate surface area is 217 Å². The highest BCUT2D eigenvalue weighted by Gasteiger charge is 2.29. The second-order valence-electron chi connectivity index (χ2n) is 9.68. The highest BCUT2D eigenvalue weighted by molar-refractivity contribution is 5.99. The molecule has 1 aromatic carbocycles. The first kappa shape index (κ1) is 24.1. The predicted octanol–water partition coefficient (Wildman–Crippen LogP) is 3.24. The second kappa shape index (κ2) is 9.25. The lowest BCUT2D eigenvalue weighted by molar-refractivity contribution is 0.0723. The molecule has 1 amide bonds. The van der Waals surface area contributed by atoms with E-state index < -0.39 is 12.7 Å². The summed E-state index contributed by atoms with van der Waals surface area (Å²) in [6.45, 7) is 2.33.